The van der Waals surface area contributed by atoms with Crippen molar-refractivity contribution in [3.05, 3.63) is 196 Å². The van der Waals surface area contributed by atoms with Crippen molar-refractivity contribution in [3.8, 4) is 0 Å². The zero-order valence-electron chi connectivity index (χ0n) is 51.4. The summed E-state index contributed by atoms with van der Waals surface area (Å²) in [6, 6.07) is 36.3. The second-order valence-corrected chi connectivity index (χ2v) is 22.1. The number of hydrogen-bond donors (Lipinski definition) is 4. The van der Waals surface area contributed by atoms with Crippen molar-refractivity contribution >= 4 is 81.0 Å². The molecule has 7 aromatic rings. The average Bonchev–Trinajstić information content (AvgIpc) is 3.50. The number of carbonyl (C=O) groups is 5. The number of nitrogens with zero attached hydrogens (tertiary/aromatic N) is 11. The van der Waals surface area contributed by atoms with Crippen LogP contribution in [0.25, 0.3) is 0 Å². The molecule has 0 radical (unpaired) electrons. The maximum atomic E-state index is 12.2. The van der Waals surface area contributed by atoms with E-state index in [1.165, 1.54) is 91.3 Å². The number of aromatic nitrogens is 5. The molecule has 2 amide bonds. The van der Waals surface area contributed by atoms with Crippen LogP contribution >= 0.6 is 28.6 Å². The molecule has 4 aliphatic heterocycles. The maximum absolute atomic E-state index is 12.2. The summed E-state index contributed by atoms with van der Waals surface area (Å²) in [5.41, 5.74) is 7.22. The highest BCUT2D eigenvalue weighted by atomic mass is 79.9. The molecule has 4 saturated heterocycles. The van der Waals surface area contributed by atoms with E-state index in [2.05, 4.69) is 82.6 Å². The number of ether oxygens (including phenoxy) is 2. The van der Waals surface area contributed by atoms with Gasteiger partial charge in [0.15, 0.2) is 0 Å². The van der Waals surface area contributed by atoms with Crippen molar-refractivity contribution in [2.45, 2.75) is 90.1 Å². The number of methoxy groups -OCH3 is 2. The number of anilines is 4. The van der Waals surface area contributed by atoms with Crippen LogP contribution in [0.5, 0.6) is 0 Å². The molecule has 0 unspecified atom stereocenters. The minimum absolute atomic E-state index is 0.107. The molecule has 0 atom stereocenters. The second-order valence-electron chi connectivity index (χ2n) is 21.1. The number of halogens is 1. The first kappa shape index (κ1) is 70.6. The SMILES string of the molecule is COC(=O)c1ccc(Br)cn1.COC(=O)c1ccc(N2CCCCC2)cn1.CS.O=C(O)c1ccc(N2CCCCC2)cn1.O=C(c1ccc(N2CCCCC2)cn1)N(O)Cc1ccccc1.O=C(c1ccc(N2CCCCC2)cn1)N(O)Cc1ccccc1. The van der Waals surface area contributed by atoms with E-state index >= 15 is 0 Å². The smallest absolute Gasteiger partial charge is 0.356 e. The number of carboxylic acid groups (broad SMARTS) is 1. The standard InChI is InChI=1S/2C18H21N3O2.C12H16N2O2.C11H14N2O2.C7H6BrNO2.CH4S/c2*22-18(21(23)14-15-7-3-1-4-8-15)17-10-9-16(13-19-17)20-11-5-2-6-12-20;1-16-12(15)11-6-5-10(9-13-11)14-7-3-2-4-8-14;14-11(15)10-5-4-9(8-12-10)13-6-2-1-3-7-13;1-11-7(10)6-3-2-5(8)4-9-6;1-2/h2*1,3-4,7-10,13,23H,2,5-6,11-12,14H2;5-6,9H,2-4,7-8H2,1H3;4-5,8H,1-3,6-7H2,(H,14,15);2-4H,1H3;2H,1H3. The summed E-state index contributed by atoms with van der Waals surface area (Å²) < 4.78 is 9.90. The fraction of sp³-hybridized carbons (Fsp3) is 0.373. The lowest BCUT2D eigenvalue weighted by atomic mass is 10.1. The first-order valence-corrected chi connectivity index (χ1v) is 31.9. The Morgan fingerprint density at radius 1 is 0.411 bits per heavy atom. The molecule has 478 valence electrons. The van der Waals surface area contributed by atoms with Gasteiger partial charge < -0.3 is 34.2 Å². The van der Waals surface area contributed by atoms with Crippen LogP contribution in [0.1, 0.15) is 141 Å². The van der Waals surface area contributed by atoms with Crippen LogP contribution in [-0.2, 0) is 22.6 Å². The van der Waals surface area contributed by atoms with Gasteiger partial charge in [-0.3, -0.25) is 20.0 Å². The Kier molecular flexibility index (Phi) is 30.4. The number of carbonyl (C=O) groups excluding carboxylic acids is 4. The van der Waals surface area contributed by atoms with Gasteiger partial charge in [0, 0.05) is 63.0 Å². The van der Waals surface area contributed by atoms with Crippen molar-refractivity contribution in [2.24, 2.45) is 0 Å². The van der Waals surface area contributed by atoms with Gasteiger partial charge in [0.25, 0.3) is 11.8 Å². The van der Waals surface area contributed by atoms with Crippen LogP contribution in [0, 0.1) is 0 Å². The predicted molar refractivity (Wildman–Crippen MR) is 354 cm³/mol. The lowest BCUT2D eigenvalue weighted by Crippen LogP contribution is -2.30. The van der Waals surface area contributed by atoms with Crippen LogP contribution in [0.3, 0.4) is 0 Å². The monoisotopic (exact) mass is 1310 g/mol. The van der Waals surface area contributed by atoms with E-state index < -0.39 is 23.8 Å². The van der Waals surface area contributed by atoms with Gasteiger partial charge in [0.2, 0.25) is 0 Å². The molecule has 4 aliphatic rings. The number of esters is 2. The summed E-state index contributed by atoms with van der Waals surface area (Å²) in [7, 11) is 2.69. The molecule has 21 nitrogen and oxygen atoms in total. The highest BCUT2D eigenvalue weighted by Crippen LogP contribution is 2.23. The van der Waals surface area contributed by atoms with Crippen LogP contribution in [-0.4, -0.2) is 153 Å². The van der Waals surface area contributed by atoms with E-state index in [0.717, 1.165) is 90.7 Å². The largest absolute Gasteiger partial charge is 0.477 e. The zero-order valence-corrected chi connectivity index (χ0v) is 53.9. The van der Waals surface area contributed by atoms with Gasteiger partial charge in [-0.2, -0.15) is 12.6 Å². The third-order valence-electron chi connectivity index (χ3n) is 14.9. The number of carboxylic acids is 1. The minimum Gasteiger partial charge on any atom is -0.477 e. The molecular weight excluding hydrogens is 1230 g/mol. The predicted octanol–water partition coefficient (Wildman–Crippen LogP) is 12.0. The van der Waals surface area contributed by atoms with Crippen LogP contribution in [0.2, 0.25) is 0 Å². The minimum atomic E-state index is -0.972. The molecular formula is C67H82BrN11O10S. The summed E-state index contributed by atoms with van der Waals surface area (Å²) >= 11 is 6.73. The molecule has 4 fully saturated rings. The van der Waals surface area contributed by atoms with E-state index in [-0.39, 0.29) is 36.1 Å². The van der Waals surface area contributed by atoms with Crippen LogP contribution in [0.15, 0.2) is 157 Å². The third-order valence-corrected chi connectivity index (χ3v) is 15.3. The van der Waals surface area contributed by atoms with Crippen LogP contribution < -0.4 is 19.6 Å². The number of aromatic carboxylic acids is 1. The first-order valence-electron chi connectivity index (χ1n) is 30.2. The third kappa shape index (κ3) is 23.1. The topological polar surface area (TPSA) is 248 Å². The Labute approximate surface area is 541 Å². The number of benzene rings is 2. The highest BCUT2D eigenvalue weighted by molar-refractivity contribution is 9.10. The quantitative estimate of drug-likeness (QED) is 0.0362. The van der Waals surface area contributed by atoms with Crippen molar-refractivity contribution in [3.63, 3.8) is 0 Å². The Morgan fingerprint density at radius 3 is 0.944 bits per heavy atom. The Balaban J connectivity index is 0.000000182. The van der Waals surface area contributed by atoms with Crippen molar-refractivity contribution < 1.29 is 49.0 Å². The van der Waals surface area contributed by atoms with Gasteiger partial charge in [-0.05, 0) is 171 Å². The molecule has 11 rings (SSSR count). The molecule has 23 heteroatoms. The molecule has 3 N–H and O–H groups in total. The highest BCUT2D eigenvalue weighted by Gasteiger charge is 2.20. The fourth-order valence-corrected chi connectivity index (χ4v) is 10.3. The maximum Gasteiger partial charge on any atom is 0.356 e. The van der Waals surface area contributed by atoms with E-state index in [4.69, 9.17) is 5.11 Å². The Morgan fingerprint density at radius 2 is 0.689 bits per heavy atom. The molecule has 9 heterocycles. The van der Waals surface area contributed by atoms with Crippen LogP contribution in [0.4, 0.5) is 22.7 Å². The molecule has 0 aliphatic carbocycles. The normalized spacial score (nSPS) is 14.2. The number of pyridine rings is 5. The lowest BCUT2D eigenvalue weighted by Gasteiger charge is -2.28. The van der Waals surface area contributed by atoms with Gasteiger partial charge in [-0.1, -0.05) is 60.7 Å². The summed E-state index contributed by atoms with van der Waals surface area (Å²) in [6.45, 7) is 8.71. The van der Waals surface area contributed by atoms with Gasteiger partial charge in [-0.25, -0.2) is 49.4 Å². The van der Waals surface area contributed by atoms with Crippen molar-refractivity contribution in [1.82, 2.24) is 35.0 Å². The fourth-order valence-electron chi connectivity index (χ4n) is 10.0. The lowest BCUT2D eigenvalue weighted by molar-refractivity contribution is -0.0652. The van der Waals surface area contributed by atoms with E-state index in [0.29, 0.717) is 21.5 Å². The van der Waals surface area contributed by atoms with E-state index in [1.807, 2.05) is 84.9 Å². The Bertz CT molecular complexity index is 3110. The molecule has 0 saturated carbocycles. The van der Waals surface area contributed by atoms with Gasteiger partial charge in [0.05, 0.1) is 74.8 Å². The average molecular weight is 1310 g/mol. The summed E-state index contributed by atoms with van der Waals surface area (Å²) in [4.78, 5) is 86.5. The number of amides is 2. The molecule has 5 aromatic heterocycles. The molecule has 2 aromatic carbocycles. The van der Waals surface area contributed by atoms with Crippen molar-refractivity contribution in [1.29, 1.82) is 0 Å². The summed E-state index contributed by atoms with van der Waals surface area (Å²) in [5.74, 6) is -2.75. The molecule has 0 spiro atoms. The zero-order chi connectivity index (χ0) is 64.5. The number of rotatable bonds is 13. The second kappa shape index (κ2) is 38.8. The first-order chi connectivity index (χ1) is 43.8. The summed E-state index contributed by atoms with van der Waals surface area (Å²) in [5, 5.41) is 30.1. The van der Waals surface area contributed by atoms with Gasteiger partial charge in [0.1, 0.15) is 28.5 Å². The number of thiol groups is 1. The number of hydrogen-bond acceptors (Lipinski definition) is 19. The van der Waals surface area contributed by atoms with Gasteiger partial charge >= 0.3 is 17.9 Å². The molecule has 0 bridgehead atoms. The number of hydroxylamine groups is 4. The van der Waals surface area contributed by atoms with E-state index in [9.17, 15) is 34.4 Å². The van der Waals surface area contributed by atoms with Crippen molar-refractivity contribution in [2.75, 3.05) is 92.4 Å². The Hall–Kier alpha value is -8.51. The van der Waals surface area contributed by atoms with E-state index in [1.54, 1.807) is 73.6 Å². The summed E-state index contributed by atoms with van der Waals surface area (Å²) in [6.07, 6.45) is 24.9. The molecule has 90 heavy (non-hydrogen) atoms. The number of piperidine rings is 4. The van der Waals surface area contributed by atoms with Gasteiger partial charge in [-0.15, -0.1) is 0 Å².